The van der Waals surface area contributed by atoms with E-state index >= 15 is 0 Å². The van der Waals surface area contributed by atoms with Crippen LogP contribution in [0, 0.1) is 6.92 Å². The number of anilines is 1. The average Bonchev–Trinajstić information content (AvgIpc) is 3.20. The zero-order chi connectivity index (χ0) is 17.2. The predicted octanol–water partition coefficient (Wildman–Crippen LogP) is 1.98. The molecule has 1 fully saturated rings. The fraction of sp³-hybridized carbons (Fsp3) is 0.353. The van der Waals surface area contributed by atoms with Crippen LogP contribution >= 0.6 is 0 Å². The summed E-state index contributed by atoms with van der Waals surface area (Å²) in [7, 11) is 0. The lowest BCUT2D eigenvalue weighted by Crippen LogP contribution is -2.49. The van der Waals surface area contributed by atoms with Gasteiger partial charge in [-0.1, -0.05) is 11.2 Å². The number of nitrogens with zero attached hydrogens (tertiary/aromatic N) is 5. The van der Waals surface area contributed by atoms with Crippen molar-refractivity contribution in [2.45, 2.75) is 13.5 Å². The minimum Gasteiger partial charge on any atom is -0.360 e. The number of piperazine rings is 1. The number of aryl methyl sites for hydroxylation is 1. The van der Waals surface area contributed by atoms with Crippen molar-refractivity contribution >= 4 is 17.5 Å². The first kappa shape index (κ1) is 15.6. The fourth-order valence-corrected chi connectivity index (χ4v) is 3.02. The Kier molecular flexibility index (Phi) is 4.10. The first-order chi connectivity index (χ1) is 12.2. The lowest BCUT2D eigenvalue weighted by molar-refractivity contribution is 0.142. The third kappa shape index (κ3) is 3.48. The van der Waals surface area contributed by atoms with E-state index in [0.29, 0.717) is 24.7 Å². The molecule has 8 heteroatoms. The van der Waals surface area contributed by atoms with Crippen LogP contribution < -0.4 is 5.32 Å². The number of rotatable bonds is 3. The van der Waals surface area contributed by atoms with Crippen molar-refractivity contribution < 1.29 is 9.32 Å². The van der Waals surface area contributed by atoms with Crippen molar-refractivity contribution in [3.8, 4) is 0 Å². The Balaban J connectivity index is 1.31. The molecule has 1 N–H and O–H groups in total. The molecule has 0 aliphatic carbocycles. The van der Waals surface area contributed by atoms with Gasteiger partial charge in [-0.2, -0.15) is 0 Å². The summed E-state index contributed by atoms with van der Waals surface area (Å²) in [5.74, 6) is 1.13. The highest BCUT2D eigenvalue weighted by Crippen LogP contribution is 2.12. The number of nitrogens with one attached hydrogen (secondary N) is 1. The molecule has 2 amide bonds. The van der Waals surface area contributed by atoms with Gasteiger partial charge in [-0.05, 0) is 19.1 Å². The van der Waals surface area contributed by atoms with Gasteiger partial charge in [0.25, 0.3) is 0 Å². The lowest BCUT2D eigenvalue weighted by Gasteiger charge is -2.34. The Morgan fingerprint density at radius 1 is 1.28 bits per heavy atom. The van der Waals surface area contributed by atoms with Crippen LogP contribution in [0.25, 0.3) is 5.65 Å². The maximum Gasteiger partial charge on any atom is 0.323 e. The molecule has 0 radical (unpaired) electrons. The first-order valence-electron chi connectivity index (χ1n) is 8.31. The van der Waals surface area contributed by atoms with E-state index in [9.17, 15) is 4.79 Å². The number of fused-ring (bicyclic) bond motifs is 1. The number of amides is 2. The Morgan fingerprint density at radius 3 is 2.84 bits per heavy atom. The minimum atomic E-state index is -0.138. The quantitative estimate of drug-likeness (QED) is 0.789. The third-order valence-corrected chi connectivity index (χ3v) is 4.32. The van der Waals surface area contributed by atoms with Crippen LogP contribution in [0.1, 0.15) is 11.5 Å². The van der Waals surface area contributed by atoms with Gasteiger partial charge in [0.2, 0.25) is 0 Å². The smallest absolute Gasteiger partial charge is 0.323 e. The van der Waals surface area contributed by atoms with Crippen LogP contribution in [0.15, 0.2) is 41.2 Å². The highest BCUT2D eigenvalue weighted by molar-refractivity contribution is 5.88. The van der Waals surface area contributed by atoms with E-state index in [1.54, 1.807) is 17.9 Å². The summed E-state index contributed by atoms with van der Waals surface area (Å²) in [4.78, 5) is 21.0. The maximum absolute atomic E-state index is 12.3. The molecule has 1 aliphatic heterocycles. The maximum atomic E-state index is 12.3. The average molecular weight is 340 g/mol. The number of urea groups is 1. The Hall–Kier alpha value is -2.87. The molecule has 8 nitrogen and oxygen atoms in total. The van der Waals surface area contributed by atoms with Gasteiger partial charge in [0, 0.05) is 51.2 Å². The van der Waals surface area contributed by atoms with Crippen molar-refractivity contribution in [3.63, 3.8) is 0 Å². The molecular weight excluding hydrogens is 320 g/mol. The number of carbonyl (C=O) groups excluding carboxylic acids is 1. The lowest BCUT2D eigenvalue weighted by atomic mass is 10.3. The molecule has 0 spiro atoms. The molecule has 3 aromatic heterocycles. The van der Waals surface area contributed by atoms with E-state index in [4.69, 9.17) is 4.52 Å². The number of imidazole rings is 1. The van der Waals surface area contributed by atoms with Gasteiger partial charge in [0.1, 0.15) is 11.4 Å². The monoisotopic (exact) mass is 340 g/mol. The molecule has 0 aromatic carbocycles. The molecule has 4 heterocycles. The largest absolute Gasteiger partial charge is 0.360 e. The van der Waals surface area contributed by atoms with E-state index in [2.05, 4.69) is 26.6 Å². The van der Waals surface area contributed by atoms with Crippen LogP contribution in [-0.4, -0.2) is 56.6 Å². The number of hydrogen-bond donors (Lipinski definition) is 1. The molecule has 25 heavy (non-hydrogen) atoms. The predicted molar refractivity (Wildman–Crippen MR) is 92.3 cm³/mol. The second kappa shape index (κ2) is 6.56. The highest BCUT2D eigenvalue weighted by Gasteiger charge is 2.22. The van der Waals surface area contributed by atoms with Gasteiger partial charge in [-0.15, -0.1) is 0 Å². The molecule has 1 aliphatic rings. The van der Waals surface area contributed by atoms with Gasteiger partial charge >= 0.3 is 6.03 Å². The van der Waals surface area contributed by atoms with Crippen LogP contribution in [0.5, 0.6) is 0 Å². The fourth-order valence-electron chi connectivity index (χ4n) is 3.02. The van der Waals surface area contributed by atoms with Crippen LogP contribution in [0.2, 0.25) is 0 Å². The summed E-state index contributed by atoms with van der Waals surface area (Å²) >= 11 is 0. The highest BCUT2D eigenvalue weighted by atomic mass is 16.5. The third-order valence-electron chi connectivity index (χ3n) is 4.32. The first-order valence-corrected chi connectivity index (χ1v) is 8.31. The number of pyridine rings is 1. The minimum absolute atomic E-state index is 0.138. The molecule has 0 saturated carbocycles. The number of aromatic nitrogens is 3. The summed E-state index contributed by atoms with van der Waals surface area (Å²) in [6.07, 6.45) is 4.06. The van der Waals surface area contributed by atoms with Crippen molar-refractivity contribution in [3.05, 3.63) is 48.1 Å². The standard InChI is InChI=1S/C17H20N6O2/c1-13-10-15(20-25-13)19-17(24)22-8-6-21(7-9-22)11-14-12-23-5-3-2-4-16(23)18-14/h2-5,10,12H,6-9,11H2,1H3,(H,19,20,24). The van der Waals surface area contributed by atoms with E-state index in [0.717, 1.165) is 31.0 Å². The van der Waals surface area contributed by atoms with Crippen LogP contribution in [0.4, 0.5) is 10.6 Å². The van der Waals surface area contributed by atoms with E-state index in [-0.39, 0.29) is 6.03 Å². The SMILES string of the molecule is Cc1cc(NC(=O)N2CCN(Cc3cn4ccccc4n3)CC2)no1. The van der Waals surface area contributed by atoms with Crippen molar-refractivity contribution in [1.29, 1.82) is 0 Å². The zero-order valence-corrected chi connectivity index (χ0v) is 14.1. The van der Waals surface area contributed by atoms with Crippen molar-refractivity contribution in [2.24, 2.45) is 0 Å². The van der Waals surface area contributed by atoms with Gasteiger partial charge in [-0.3, -0.25) is 10.2 Å². The molecule has 3 aromatic rings. The van der Waals surface area contributed by atoms with Crippen molar-refractivity contribution in [2.75, 3.05) is 31.5 Å². The Bertz CT molecular complexity index is 845. The molecule has 0 atom stereocenters. The topological polar surface area (TPSA) is 78.9 Å². The van der Waals surface area contributed by atoms with E-state index in [1.807, 2.05) is 28.8 Å². The second-order valence-electron chi connectivity index (χ2n) is 6.21. The van der Waals surface area contributed by atoms with Gasteiger partial charge in [-0.25, -0.2) is 9.78 Å². The number of carbonyl (C=O) groups is 1. The molecule has 0 unspecified atom stereocenters. The number of hydrogen-bond acceptors (Lipinski definition) is 5. The summed E-state index contributed by atoms with van der Waals surface area (Å²) in [5.41, 5.74) is 2.00. The zero-order valence-electron chi connectivity index (χ0n) is 14.1. The Morgan fingerprint density at radius 2 is 2.12 bits per heavy atom. The van der Waals surface area contributed by atoms with Crippen molar-refractivity contribution in [1.82, 2.24) is 24.3 Å². The van der Waals surface area contributed by atoms with E-state index in [1.165, 1.54) is 0 Å². The Labute approximate surface area is 145 Å². The molecule has 130 valence electrons. The molecular formula is C17H20N6O2. The summed E-state index contributed by atoms with van der Waals surface area (Å²) in [6, 6.07) is 7.54. The normalized spacial score (nSPS) is 15.6. The van der Waals surface area contributed by atoms with Gasteiger partial charge in [0.05, 0.1) is 5.69 Å². The van der Waals surface area contributed by atoms with Gasteiger partial charge in [0.15, 0.2) is 5.82 Å². The molecule has 1 saturated heterocycles. The molecule has 4 rings (SSSR count). The summed E-state index contributed by atoms with van der Waals surface area (Å²) in [5, 5.41) is 6.55. The summed E-state index contributed by atoms with van der Waals surface area (Å²) < 4.78 is 6.99. The summed E-state index contributed by atoms with van der Waals surface area (Å²) in [6.45, 7) is 5.57. The van der Waals surface area contributed by atoms with Crippen LogP contribution in [0.3, 0.4) is 0 Å². The van der Waals surface area contributed by atoms with E-state index < -0.39 is 0 Å². The second-order valence-corrected chi connectivity index (χ2v) is 6.21. The molecule has 0 bridgehead atoms. The van der Waals surface area contributed by atoms with Gasteiger partial charge < -0.3 is 13.8 Å². The van der Waals surface area contributed by atoms with Crippen LogP contribution in [-0.2, 0) is 6.54 Å².